The summed E-state index contributed by atoms with van der Waals surface area (Å²) in [5.74, 6) is 0.536. The molecule has 1 N–H and O–H groups in total. The van der Waals surface area contributed by atoms with Crippen molar-refractivity contribution >= 4 is 27.5 Å². The third-order valence-corrected chi connectivity index (χ3v) is 6.08. The van der Waals surface area contributed by atoms with E-state index in [1.54, 1.807) is 23.6 Å². The van der Waals surface area contributed by atoms with Gasteiger partial charge in [-0.05, 0) is 36.6 Å². The molecule has 6 nitrogen and oxygen atoms in total. The Balaban J connectivity index is 1.46. The van der Waals surface area contributed by atoms with E-state index in [0.717, 1.165) is 18.7 Å². The van der Waals surface area contributed by atoms with Crippen molar-refractivity contribution in [2.24, 2.45) is 0 Å². The standard InChI is InChI=1S/C20H18F3N3O3S/c1-11-15-18(25-14-3-2-8-26(14)19(15)28)30-16(11)17(27)24-9-12-4-6-13(7-5-12)29-10-20(21,22)23/h4-7H,2-3,8-10H2,1H3,(H,24,27). The second kappa shape index (κ2) is 7.75. The maximum atomic E-state index is 12.7. The van der Waals surface area contributed by atoms with Crippen LogP contribution < -0.4 is 15.6 Å². The lowest BCUT2D eigenvalue weighted by molar-refractivity contribution is -0.153. The van der Waals surface area contributed by atoms with Gasteiger partial charge >= 0.3 is 6.18 Å². The van der Waals surface area contributed by atoms with Crippen molar-refractivity contribution in [2.75, 3.05) is 6.61 Å². The van der Waals surface area contributed by atoms with Gasteiger partial charge in [-0.1, -0.05) is 12.1 Å². The first kappa shape index (κ1) is 20.4. The SMILES string of the molecule is Cc1c(C(=O)NCc2ccc(OCC(F)(F)F)cc2)sc2nc3n(c(=O)c12)CCC3. The minimum absolute atomic E-state index is 0.0994. The number of nitrogens with zero attached hydrogens (tertiary/aromatic N) is 2. The molecule has 2 aromatic heterocycles. The van der Waals surface area contributed by atoms with Crippen LogP contribution in [0.4, 0.5) is 13.2 Å². The van der Waals surface area contributed by atoms with E-state index in [0.29, 0.717) is 32.8 Å². The maximum absolute atomic E-state index is 12.7. The number of benzene rings is 1. The molecule has 0 spiro atoms. The number of carbonyl (C=O) groups excluding carboxylic acids is 1. The molecule has 1 aliphatic heterocycles. The largest absolute Gasteiger partial charge is 0.484 e. The molecule has 30 heavy (non-hydrogen) atoms. The summed E-state index contributed by atoms with van der Waals surface area (Å²) in [6.07, 6.45) is -2.75. The molecule has 0 aliphatic carbocycles. The molecule has 1 amide bonds. The molecule has 158 valence electrons. The molecule has 0 radical (unpaired) electrons. The highest BCUT2D eigenvalue weighted by Gasteiger charge is 2.28. The van der Waals surface area contributed by atoms with Gasteiger partial charge in [-0.15, -0.1) is 11.3 Å². The number of amides is 1. The first-order valence-electron chi connectivity index (χ1n) is 9.32. The summed E-state index contributed by atoms with van der Waals surface area (Å²) < 4.78 is 42.9. The molecule has 3 heterocycles. The molecule has 0 unspecified atom stereocenters. The summed E-state index contributed by atoms with van der Waals surface area (Å²) in [6, 6.07) is 6.01. The highest BCUT2D eigenvalue weighted by atomic mass is 32.1. The van der Waals surface area contributed by atoms with Crippen molar-refractivity contribution in [3.05, 3.63) is 56.4 Å². The molecular weight excluding hydrogens is 419 g/mol. The molecular formula is C20H18F3N3O3S. The van der Waals surface area contributed by atoms with Crippen LogP contribution in [0.15, 0.2) is 29.1 Å². The summed E-state index contributed by atoms with van der Waals surface area (Å²) in [6.45, 7) is 1.23. The maximum Gasteiger partial charge on any atom is 0.422 e. The number of aryl methyl sites for hydroxylation is 2. The number of nitrogens with one attached hydrogen (secondary N) is 1. The molecule has 1 aliphatic rings. The van der Waals surface area contributed by atoms with E-state index in [9.17, 15) is 22.8 Å². The van der Waals surface area contributed by atoms with Crippen molar-refractivity contribution < 1.29 is 22.7 Å². The lowest BCUT2D eigenvalue weighted by Gasteiger charge is -2.10. The van der Waals surface area contributed by atoms with Crippen LogP contribution in [0.1, 0.15) is 33.0 Å². The number of alkyl halides is 3. The van der Waals surface area contributed by atoms with E-state index in [4.69, 9.17) is 0 Å². The van der Waals surface area contributed by atoms with Gasteiger partial charge in [0.2, 0.25) is 0 Å². The average molecular weight is 437 g/mol. The number of carbonyl (C=O) groups is 1. The van der Waals surface area contributed by atoms with Gasteiger partial charge in [-0.25, -0.2) is 4.98 Å². The first-order chi connectivity index (χ1) is 14.2. The van der Waals surface area contributed by atoms with Gasteiger partial charge < -0.3 is 10.1 Å². The lowest BCUT2D eigenvalue weighted by atomic mass is 10.2. The van der Waals surface area contributed by atoms with Crippen LogP contribution >= 0.6 is 11.3 Å². The normalized spacial score (nSPS) is 13.5. The highest BCUT2D eigenvalue weighted by molar-refractivity contribution is 7.20. The average Bonchev–Trinajstić information content (AvgIpc) is 3.30. The molecule has 0 fully saturated rings. The molecule has 0 bridgehead atoms. The number of halogens is 3. The lowest BCUT2D eigenvalue weighted by Crippen LogP contribution is -2.23. The summed E-state index contributed by atoms with van der Waals surface area (Å²) in [4.78, 5) is 30.9. The van der Waals surface area contributed by atoms with Gasteiger partial charge in [0.1, 0.15) is 16.4 Å². The van der Waals surface area contributed by atoms with Crippen molar-refractivity contribution in [3.63, 3.8) is 0 Å². The van der Waals surface area contributed by atoms with Gasteiger partial charge in [-0.3, -0.25) is 14.2 Å². The van der Waals surface area contributed by atoms with Crippen LogP contribution in [0.5, 0.6) is 5.75 Å². The molecule has 0 saturated heterocycles. The van der Waals surface area contributed by atoms with Crippen LogP contribution in [0, 0.1) is 6.92 Å². The van der Waals surface area contributed by atoms with Crippen LogP contribution in [0.25, 0.3) is 10.2 Å². The topological polar surface area (TPSA) is 73.2 Å². The third-order valence-electron chi connectivity index (χ3n) is 4.90. The number of thiophene rings is 1. The third kappa shape index (κ3) is 4.04. The van der Waals surface area contributed by atoms with Crippen molar-refractivity contribution in [2.45, 2.75) is 39.0 Å². The molecule has 3 aromatic rings. The van der Waals surface area contributed by atoms with Crippen LogP contribution in [-0.2, 0) is 19.5 Å². The number of aromatic nitrogens is 2. The fourth-order valence-corrected chi connectivity index (χ4v) is 4.53. The summed E-state index contributed by atoms with van der Waals surface area (Å²) in [5, 5.41) is 3.27. The summed E-state index contributed by atoms with van der Waals surface area (Å²) >= 11 is 1.20. The van der Waals surface area contributed by atoms with Gasteiger partial charge in [0, 0.05) is 19.5 Å². The fraction of sp³-hybridized carbons (Fsp3) is 0.350. The minimum Gasteiger partial charge on any atom is -0.484 e. The Labute approximate surface area is 173 Å². The second-order valence-corrected chi connectivity index (χ2v) is 8.05. The van der Waals surface area contributed by atoms with Gasteiger partial charge in [0.15, 0.2) is 6.61 Å². The summed E-state index contributed by atoms with van der Waals surface area (Å²) in [5.41, 5.74) is 1.22. The Morgan fingerprint density at radius 1 is 1.30 bits per heavy atom. The van der Waals surface area contributed by atoms with E-state index in [1.165, 1.54) is 23.5 Å². The van der Waals surface area contributed by atoms with E-state index in [1.807, 2.05) is 0 Å². The molecule has 4 rings (SSSR count). The predicted octanol–water partition coefficient (Wildman–Crippen LogP) is 3.58. The van der Waals surface area contributed by atoms with Crippen LogP contribution in [0.2, 0.25) is 0 Å². The number of fused-ring (bicyclic) bond motifs is 2. The highest BCUT2D eigenvalue weighted by Crippen LogP contribution is 2.28. The number of hydrogen-bond donors (Lipinski definition) is 1. The predicted molar refractivity (Wildman–Crippen MR) is 106 cm³/mol. The van der Waals surface area contributed by atoms with E-state index in [-0.39, 0.29) is 23.8 Å². The first-order valence-corrected chi connectivity index (χ1v) is 10.1. The molecule has 0 saturated carbocycles. The Morgan fingerprint density at radius 3 is 2.73 bits per heavy atom. The monoisotopic (exact) mass is 437 g/mol. The zero-order chi connectivity index (χ0) is 21.5. The molecule has 0 atom stereocenters. The quantitative estimate of drug-likeness (QED) is 0.662. The number of ether oxygens (including phenoxy) is 1. The van der Waals surface area contributed by atoms with Crippen molar-refractivity contribution in [3.8, 4) is 5.75 Å². The number of hydrogen-bond acceptors (Lipinski definition) is 5. The Kier molecular flexibility index (Phi) is 5.27. The van der Waals surface area contributed by atoms with Crippen LogP contribution in [0.3, 0.4) is 0 Å². The zero-order valence-electron chi connectivity index (χ0n) is 16.0. The van der Waals surface area contributed by atoms with E-state index >= 15 is 0 Å². The van der Waals surface area contributed by atoms with Gasteiger partial charge in [0.25, 0.3) is 11.5 Å². The Hall–Kier alpha value is -2.88. The fourth-order valence-electron chi connectivity index (χ4n) is 3.42. The van der Waals surface area contributed by atoms with E-state index < -0.39 is 12.8 Å². The molecule has 10 heteroatoms. The van der Waals surface area contributed by atoms with E-state index in [2.05, 4.69) is 15.0 Å². The Bertz CT molecular complexity index is 1170. The van der Waals surface area contributed by atoms with Crippen LogP contribution in [-0.4, -0.2) is 28.2 Å². The zero-order valence-corrected chi connectivity index (χ0v) is 16.8. The second-order valence-electron chi connectivity index (χ2n) is 7.06. The number of rotatable bonds is 5. The van der Waals surface area contributed by atoms with Gasteiger partial charge in [0.05, 0.1) is 10.3 Å². The molecule has 1 aromatic carbocycles. The van der Waals surface area contributed by atoms with Crippen molar-refractivity contribution in [1.29, 1.82) is 0 Å². The van der Waals surface area contributed by atoms with Gasteiger partial charge in [-0.2, -0.15) is 13.2 Å². The smallest absolute Gasteiger partial charge is 0.422 e. The summed E-state index contributed by atoms with van der Waals surface area (Å²) in [7, 11) is 0. The minimum atomic E-state index is -4.40. The van der Waals surface area contributed by atoms with Crippen molar-refractivity contribution in [1.82, 2.24) is 14.9 Å². The Morgan fingerprint density at radius 2 is 2.03 bits per heavy atom.